The van der Waals surface area contributed by atoms with E-state index < -0.39 is 0 Å². The number of fused-ring (bicyclic) bond motifs is 5. The molecular formula is C16H12BN. The lowest BCUT2D eigenvalue weighted by molar-refractivity contribution is 0.797. The standard InChI is InChI=1S/C16H12BN/c1-2-6-14-13(5-1)7-8-16-15(14)9-12-18-11-4-3-10-17(16)18/h1-12H. The van der Waals surface area contributed by atoms with Crippen LogP contribution < -0.4 is 5.46 Å². The number of rotatable bonds is 0. The van der Waals surface area contributed by atoms with Crippen LogP contribution >= 0.6 is 0 Å². The Morgan fingerprint density at radius 2 is 1.83 bits per heavy atom. The molecule has 0 saturated heterocycles. The minimum Gasteiger partial charge on any atom is -0.389 e. The lowest BCUT2D eigenvalue weighted by Crippen LogP contribution is -2.45. The van der Waals surface area contributed by atoms with Crippen LogP contribution in [0.25, 0.3) is 16.8 Å². The highest BCUT2D eigenvalue weighted by Crippen LogP contribution is 2.23. The molecule has 0 amide bonds. The number of hydrogen-bond acceptors (Lipinski definition) is 1. The molecule has 4 rings (SSSR count). The molecule has 84 valence electrons. The summed E-state index contributed by atoms with van der Waals surface area (Å²) >= 11 is 0. The molecule has 0 N–H and O–H groups in total. The molecule has 2 aromatic rings. The maximum absolute atomic E-state index is 2.25. The first-order valence-corrected chi connectivity index (χ1v) is 6.26. The van der Waals surface area contributed by atoms with Crippen LogP contribution in [-0.4, -0.2) is 11.7 Å². The zero-order chi connectivity index (χ0) is 11.9. The third-order valence-electron chi connectivity index (χ3n) is 3.72. The van der Waals surface area contributed by atoms with Crippen molar-refractivity contribution < 1.29 is 0 Å². The van der Waals surface area contributed by atoms with Crippen LogP contribution in [0.4, 0.5) is 0 Å². The summed E-state index contributed by atoms with van der Waals surface area (Å²) < 4.78 is 0. The van der Waals surface area contributed by atoms with E-state index in [1.165, 1.54) is 21.8 Å². The second kappa shape index (κ2) is 3.64. The second-order valence-electron chi connectivity index (χ2n) is 4.72. The molecule has 2 aliphatic heterocycles. The Balaban J connectivity index is 2.01. The van der Waals surface area contributed by atoms with Gasteiger partial charge >= 0.3 is 6.85 Å². The van der Waals surface area contributed by atoms with E-state index in [-0.39, 0.29) is 0 Å². The van der Waals surface area contributed by atoms with Gasteiger partial charge in [-0.15, -0.1) is 0 Å². The second-order valence-corrected chi connectivity index (χ2v) is 4.72. The Hall–Kier alpha value is -2.22. The largest absolute Gasteiger partial charge is 0.389 e. The monoisotopic (exact) mass is 229 g/mol. The van der Waals surface area contributed by atoms with Crippen LogP contribution in [-0.2, 0) is 0 Å². The van der Waals surface area contributed by atoms with Crippen molar-refractivity contribution in [3.05, 3.63) is 72.5 Å². The first-order chi connectivity index (χ1) is 8.93. The first kappa shape index (κ1) is 9.78. The van der Waals surface area contributed by atoms with E-state index in [1.807, 2.05) is 0 Å². The van der Waals surface area contributed by atoms with Crippen molar-refractivity contribution in [1.29, 1.82) is 0 Å². The molecule has 0 aromatic heterocycles. The highest BCUT2D eigenvalue weighted by atomic mass is 15.0. The van der Waals surface area contributed by atoms with Crippen LogP contribution in [0.15, 0.2) is 66.9 Å². The lowest BCUT2D eigenvalue weighted by Gasteiger charge is -2.29. The molecule has 0 saturated carbocycles. The highest BCUT2D eigenvalue weighted by Gasteiger charge is 2.26. The van der Waals surface area contributed by atoms with Gasteiger partial charge in [-0.3, -0.25) is 0 Å². The van der Waals surface area contributed by atoms with Crippen LogP contribution in [0.1, 0.15) is 5.56 Å². The topological polar surface area (TPSA) is 3.24 Å². The van der Waals surface area contributed by atoms with Gasteiger partial charge in [-0.1, -0.05) is 48.4 Å². The normalized spacial score (nSPS) is 16.0. The molecule has 0 fully saturated rings. The fourth-order valence-electron chi connectivity index (χ4n) is 2.83. The average molecular weight is 229 g/mol. The Morgan fingerprint density at radius 3 is 2.83 bits per heavy atom. The number of benzene rings is 2. The van der Waals surface area contributed by atoms with Gasteiger partial charge in [0, 0.05) is 0 Å². The molecule has 18 heavy (non-hydrogen) atoms. The van der Waals surface area contributed by atoms with Gasteiger partial charge in [0.1, 0.15) is 0 Å². The van der Waals surface area contributed by atoms with Crippen LogP contribution in [0.2, 0.25) is 0 Å². The number of allylic oxidation sites excluding steroid dienone is 2. The fourth-order valence-corrected chi connectivity index (χ4v) is 2.83. The molecule has 0 spiro atoms. The summed E-state index contributed by atoms with van der Waals surface area (Å²) in [6, 6.07) is 13.1. The van der Waals surface area contributed by atoms with Gasteiger partial charge in [-0.2, -0.15) is 0 Å². The maximum Gasteiger partial charge on any atom is 0.320 e. The van der Waals surface area contributed by atoms with Crippen LogP contribution in [0, 0.1) is 0 Å². The third-order valence-corrected chi connectivity index (χ3v) is 3.72. The van der Waals surface area contributed by atoms with Crippen molar-refractivity contribution in [2.75, 3.05) is 0 Å². The predicted octanol–water partition coefficient (Wildman–Crippen LogP) is 2.95. The van der Waals surface area contributed by atoms with Gasteiger partial charge in [-0.05, 0) is 46.4 Å². The van der Waals surface area contributed by atoms with Gasteiger partial charge in [0.05, 0.1) is 0 Å². The average Bonchev–Trinajstić information content (AvgIpc) is 2.46. The van der Waals surface area contributed by atoms with E-state index in [0.717, 1.165) is 0 Å². The smallest absolute Gasteiger partial charge is 0.320 e. The molecule has 0 bridgehead atoms. The van der Waals surface area contributed by atoms with Crippen molar-refractivity contribution >= 4 is 29.2 Å². The van der Waals surface area contributed by atoms with Crippen molar-refractivity contribution in [2.45, 2.75) is 0 Å². The molecule has 2 aliphatic rings. The first-order valence-electron chi connectivity index (χ1n) is 6.26. The minimum atomic E-state index is 0.347. The third kappa shape index (κ3) is 1.29. The fraction of sp³-hybridized carbons (Fsp3) is 0. The SMILES string of the molecule is C1=CB2c3ccc4ccccc4c3C=CN2C=C1. The molecule has 0 atom stereocenters. The van der Waals surface area contributed by atoms with Gasteiger partial charge < -0.3 is 4.81 Å². The van der Waals surface area contributed by atoms with Crippen LogP contribution in [0.5, 0.6) is 0 Å². The van der Waals surface area contributed by atoms with Crippen molar-refractivity contribution in [3.63, 3.8) is 0 Å². The summed E-state index contributed by atoms with van der Waals surface area (Å²) in [5.74, 6) is 2.25. The molecule has 0 unspecified atom stereocenters. The molecule has 2 heteroatoms. The zero-order valence-electron chi connectivity index (χ0n) is 9.95. The van der Waals surface area contributed by atoms with Gasteiger partial charge in [0.2, 0.25) is 0 Å². The summed E-state index contributed by atoms with van der Waals surface area (Å²) in [7, 11) is 0. The van der Waals surface area contributed by atoms with Crippen molar-refractivity contribution in [3.8, 4) is 0 Å². The molecule has 2 aromatic carbocycles. The van der Waals surface area contributed by atoms with Crippen LogP contribution in [0.3, 0.4) is 0 Å². The van der Waals surface area contributed by atoms with Gasteiger partial charge in [0.25, 0.3) is 0 Å². The predicted molar refractivity (Wildman–Crippen MR) is 78.5 cm³/mol. The number of nitrogens with zero attached hydrogens (tertiary/aromatic N) is 1. The summed E-state index contributed by atoms with van der Waals surface area (Å²) in [6.45, 7) is 0.347. The van der Waals surface area contributed by atoms with E-state index in [0.29, 0.717) is 6.85 Å². The molecule has 2 heterocycles. The summed E-state index contributed by atoms with van der Waals surface area (Å²) in [5.41, 5.74) is 2.74. The Morgan fingerprint density at radius 1 is 0.889 bits per heavy atom. The molecular weight excluding hydrogens is 217 g/mol. The quantitative estimate of drug-likeness (QED) is 0.628. The van der Waals surface area contributed by atoms with Gasteiger partial charge in [0.15, 0.2) is 0 Å². The molecule has 1 nitrogen and oxygen atoms in total. The Bertz CT molecular complexity index is 712. The van der Waals surface area contributed by atoms with Gasteiger partial charge in [-0.25, -0.2) is 0 Å². The van der Waals surface area contributed by atoms with E-state index in [1.54, 1.807) is 0 Å². The van der Waals surface area contributed by atoms with E-state index in [9.17, 15) is 0 Å². The summed E-state index contributed by atoms with van der Waals surface area (Å²) in [5, 5.41) is 2.65. The summed E-state index contributed by atoms with van der Waals surface area (Å²) in [4.78, 5) is 2.25. The minimum absolute atomic E-state index is 0.347. The summed E-state index contributed by atoms with van der Waals surface area (Å²) in [6.07, 6.45) is 10.7. The van der Waals surface area contributed by atoms with E-state index in [4.69, 9.17) is 0 Å². The Kier molecular flexibility index (Phi) is 1.98. The number of hydrogen-bond donors (Lipinski definition) is 0. The molecule has 0 radical (unpaired) electrons. The highest BCUT2D eigenvalue weighted by molar-refractivity contribution is 6.77. The Labute approximate surface area is 107 Å². The van der Waals surface area contributed by atoms with Crippen molar-refractivity contribution in [1.82, 2.24) is 4.81 Å². The maximum atomic E-state index is 2.25. The van der Waals surface area contributed by atoms with Crippen molar-refractivity contribution in [2.24, 2.45) is 0 Å². The lowest BCUT2D eigenvalue weighted by atomic mass is 9.51. The van der Waals surface area contributed by atoms with E-state index >= 15 is 0 Å². The zero-order valence-corrected chi connectivity index (χ0v) is 9.95. The molecule has 0 aliphatic carbocycles. The van der Waals surface area contributed by atoms with E-state index in [2.05, 4.69) is 77.8 Å².